The van der Waals surface area contributed by atoms with Gasteiger partial charge in [-0.25, -0.2) is 9.38 Å². The Morgan fingerprint density at radius 3 is 2.27 bits per heavy atom. The molecule has 0 unspecified atom stereocenters. The zero-order valence-electron chi connectivity index (χ0n) is 7.35. The SMILES string of the molecule is NC(N)=Nc1cc(C(F)(F)F)ccc1F. The first-order valence-electron chi connectivity index (χ1n) is 3.77. The van der Waals surface area contributed by atoms with Crippen molar-refractivity contribution >= 4 is 11.6 Å². The lowest BCUT2D eigenvalue weighted by Gasteiger charge is -2.07. The Labute approximate surface area is 82.4 Å². The minimum Gasteiger partial charge on any atom is -0.370 e. The molecule has 0 heterocycles. The first kappa shape index (κ1) is 11.3. The lowest BCUT2D eigenvalue weighted by atomic mass is 10.2. The lowest BCUT2D eigenvalue weighted by molar-refractivity contribution is -0.137. The van der Waals surface area contributed by atoms with Crippen LogP contribution >= 0.6 is 0 Å². The van der Waals surface area contributed by atoms with Crippen LogP contribution in [0.3, 0.4) is 0 Å². The molecule has 4 N–H and O–H groups in total. The molecule has 0 aliphatic heterocycles. The predicted octanol–water partition coefficient (Wildman–Crippen LogP) is 1.75. The smallest absolute Gasteiger partial charge is 0.370 e. The van der Waals surface area contributed by atoms with Gasteiger partial charge in [-0.15, -0.1) is 0 Å². The van der Waals surface area contributed by atoms with E-state index in [1.165, 1.54) is 0 Å². The number of benzene rings is 1. The van der Waals surface area contributed by atoms with E-state index in [1.54, 1.807) is 0 Å². The van der Waals surface area contributed by atoms with Gasteiger partial charge in [0.25, 0.3) is 0 Å². The third-order valence-corrected chi connectivity index (χ3v) is 1.52. The van der Waals surface area contributed by atoms with Crippen molar-refractivity contribution in [3.63, 3.8) is 0 Å². The third-order valence-electron chi connectivity index (χ3n) is 1.52. The van der Waals surface area contributed by atoms with Crippen molar-refractivity contribution in [2.45, 2.75) is 6.18 Å². The summed E-state index contributed by atoms with van der Waals surface area (Å²) < 4.78 is 49.5. The van der Waals surface area contributed by atoms with Crippen LogP contribution in [-0.4, -0.2) is 5.96 Å². The molecule has 0 aliphatic rings. The number of guanidine groups is 1. The molecule has 1 rings (SSSR count). The van der Waals surface area contributed by atoms with Crippen molar-refractivity contribution in [2.24, 2.45) is 16.5 Å². The predicted molar refractivity (Wildman–Crippen MR) is 46.9 cm³/mol. The van der Waals surface area contributed by atoms with Gasteiger partial charge in [-0.3, -0.25) is 0 Å². The second kappa shape index (κ2) is 3.76. The van der Waals surface area contributed by atoms with E-state index >= 15 is 0 Å². The summed E-state index contributed by atoms with van der Waals surface area (Å²) in [6.07, 6.45) is -4.55. The van der Waals surface area contributed by atoms with Crippen molar-refractivity contribution < 1.29 is 17.6 Å². The number of nitrogens with two attached hydrogens (primary N) is 2. The Balaban J connectivity index is 3.23. The van der Waals surface area contributed by atoms with Crippen molar-refractivity contribution in [2.75, 3.05) is 0 Å². The maximum Gasteiger partial charge on any atom is 0.416 e. The molecule has 15 heavy (non-hydrogen) atoms. The quantitative estimate of drug-likeness (QED) is 0.431. The fourth-order valence-corrected chi connectivity index (χ4v) is 0.914. The van der Waals surface area contributed by atoms with Crippen LogP contribution in [0.4, 0.5) is 23.2 Å². The standard InChI is InChI=1S/C8H7F4N3/c9-5-2-1-4(8(10,11)12)3-6(5)15-7(13)14/h1-3H,(H4,13,14,15). The number of hydrogen-bond donors (Lipinski definition) is 2. The maximum atomic E-state index is 12.9. The van der Waals surface area contributed by atoms with Gasteiger partial charge < -0.3 is 11.5 Å². The molecule has 1 aromatic rings. The Hall–Kier alpha value is -1.79. The summed E-state index contributed by atoms with van der Waals surface area (Å²) in [7, 11) is 0. The van der Waals surface area contributed by atoms with E-state index in [0.717, 1.165) is 0 Å². The van der Waals surface area contributed by atoms with E-state index in [0.29, 0.717) is 18.2 Å². The Bertz CT molecular complexity index is 393. The van der Waals surface area contributed by atoms with Gasteiger partial charge in [-0.05, 0) is 18.2 Å². The van der Waals surface area contributed by atoms with Crippen LogP contribution < -0.4 is 11.5 Å². The van der Waals surface area contributed by atoms with Gasteiger partial charge in [-0.2, -0.15) is 13.2 Å². The Morgan fingerprint density at radius 1 is 1.20 bits per heavy atom. The molecule has 0 saturated heterocycles. The van der Waals surface area contributed by atoms with Crippen LogP contribution in [-0.2, 0) is 6.18 Å². The molecule has 82 valence electrons. The fourth-order valence-electron chi connectivity index (χ4n) is 0.914. The molecule has 0 atom stereocenters. The molecule has 7 heteroatoms. The number of aliphatic imine (C=N–C) groups is 1. The number of alkyl halides is 3. The normalized spacial score (nSPS) is 11.2. The number of hydrogen-bond acceptors (Lipinski definition) is 1. The topological polar surface area (TPSA) is 64.4 Å². The molecule has 1 aromatic carbocycles. The van der Waals surface area contributed by atoms with Gasteiger partial charge in [0.05, 0.1) is 5.56 Å². The molecular weight excluding hydrogens is 214 g/mol. The van der Waals surface area contributed by atoms with E-state index in [9.17, 15) is 17.6 Å². The summed E-state index contributed by atoms with van der Waals surface area (Å²) in [4.78, 5) is 3.23. The first-order valence-corrected chi connectivity index (χ1v) is 3.77. The zero-order chi connectivity index (χ0) is 11.6. The second-order valence-electron chi connectivity index (χ2n) is 2.70. The highest BCUT2D eigenvalue weighted by Gasteiger charge is 2.31. The van der Waals surface area contributed by atoms with Crippen LogP contribution in [0, 0.1) is 5.82 Å². The van der Waals surface area contributed by atoms with E-state index < -0.39 is 29.2 Å². The monoisotopic (exact) mass is 221 g/mol. The molecule has 0 radical (unpaired) electrons. The van der Waals surface area contributed by atoms with E-state index in [4.69, 9.17) is 11.5 Å². The molecule has 0 amide bonds. The third kappa shape index (κ3) is 2.83. The van der Waals surface area contributed by atoms with Gasteiger partial charge in [0.1, 0.15) is 11.5 Å². The molecule has 0 aliphatic carbocycles. The highest BCUT2D eigenvalue weighted by Crippen LogP contribution is 2.32. The number of rotatable bonds is 1. The fraction of sp³-hybridized carbons (Fsp3) is 0.125. The minimum atomic E-state index is -4.55. The average Bonchev–Trinajstić information content (AvgIpc) is 2.06. The van der Waals surface area contributed by atoms with Crippen molar-refractivity contribution in [1.29, 1.82) is 0 Å². The summed E-state index contributed by atoms with van der Waals surface area (Å²) in [5, 5.41) is 0. The Morgan fingerprint density at radius 2 is 1.80 bits per heavy atom. The molecule has 3 nitrogen and oxygen atoms in total. The van der Waals surface area contributed by atoms with E-state index in [-0.39, 0.29) is 0 Å². The Kier molecular flexibility index (Phi) is 2.83. The highest BCUT2D eigenvalue weighted by molar-refractivity contribution is 5.79. The zero-order valence-corrected chi connectivity index (χ0v) is 7.35. The van der Waals surface area contributed by atoms with Crippen LogP contribution in [0.1, 0.15) is 5.56 Å². The largest absolute Gasteiger partial charge is 0.416 e. The maximum absolute atomic E-state index is 12.9. The van der Waals surface area contributed by atoms with E-state index in [2.05, 4.69) is 4.99 Å². The first-order chi connectivity index (χ1) is 6.80. The van der Waals surface area contributed by atoms with Gasteiger partial charge >= 0.3 is 6.18 Å². The summed E-state index contributed by atoms with van der Waals surface area (Å²) in [6, 6.07) is 1.81. The number of nitrogens with zero attached hydrogens (tertiary/aromatic N) is 1. The summed E-state index contributed by atoms with van der Waals surface area (Å²) in [5.41, 5.74) is 8.32. The lowest BCUT2D eigenvalue weighted by Crippen LogP contribution is -2.22. The van der Waals surface area contributed by atoms with Crippen molar-refractivity contribution in [3.8, 4) is 0 Å². The molecular formula is C8H7F4N3. The molecule has 0 spiro atoms. The van der Waals surface area contributed by atoms with Gasteiger partial charge in [-0.1, -0.05) is 0 Å². The minimum absolute atomic E-state index is 0.506. The summed E-state index contributed by atoms with van der Waals surface area (Å²) >= 11 is 0. The molecule has 0 aromatic heterocycles. The van der Waals surface area contributed by atoms with Gasteiger partial charge in [0, 0.05) is 0 Å². The molecule has 0 saturated carbocycles. The average molecular weight is 221 g/mol. The van der Waals surface area contributed by atoms with E-state index in [1.807, 2.05) is 0 Å². The molecule has 0 bridgehead atoms. The summed E-state index contributed by atoms with van der Waals surface area (Å²) in [6.45, 7) is 0. The van der Waals surface area contributed by atoms with Gasteiger partial charge in [0.15, 0.2) is 5.96 Å². The van der Waals surface area contributed by atoms with Crippen LogP contribution in [0.5, 0.6) is 0 Å². The van der Waals surface area contributed by atoms with Crippen LogP contribution in [0.2, 0.25) is 0 Å². The number of halogens is 4. The second-order valence-corrected chi connectivity index (χ2v) is 2.70. The molecule has 0 fully saturated rings. The van der Waals surface area contributed by atoms with Gasteiger partial charge in [0.2, 0.25) is 0 Å². The van der Waals surface area contributed by atoms with Crippen molar-refractivity contribution in [3.05, 3.63) is 29.6 Å². The van der Waals surface area contributed by atoms with Crippen LogP contribution in [0.25, 0.3) is 0 Å². The highest BCUT2D eigenvalue weighted by atomic mass is 19.4. The summed E-state index contributed by atoms with van der Waals surface area (Å²) in [5.74, 6) is -1.43. The van der Waals surface area contributed by atoms with Crippen LogP contribution in [0.15, 0.2) is 23.2 Å². The van der Waals surface area contributed by atoms with Crippen molar-refractivity contribution in [1.82, 2.24) is 0 Å².